The number of methoxy groups -OCH3 is 1. The fourth-order valence-electron chi connectivity index (χ4n) is 5.57. The molecule has 186 valence electrons. The van der Waals surface area contributed by atoms with Crippen LogP contribution in [0.5, 0.6) is 5.75 Å². The van der Waals surface area contributed by atoms with Gasteiger partial charge in [-0.15, -0.1) is 0 Å². The monoisotopic (exact) mass is 486 g/mol. The molecule has 1 saturated carbocycles. The molecular formula is C29H30N2O5. The van der Waals surface area contributed by atoms with Gasteiger partial charge in [-0.1, -0.05) is 30.3 Å². The molecule has 6 rings (SSSR count). The summed E-state index contributed by atoms with van der Waals surface area (Å²) in [5.74, 6) is 0.215. The Morgan fingerprint density at radius 3 is 2.58 bits per heavy atom. The minimum Gasteiger partial charge on any atom is -0.489 e. The van der Waals surface area contributed by atoms with E-state index in [0.29, 0.717) is 13.2 Å². The Balaban J connectivity index is 1.45. The SMILES string of the molecule is COCc1cc2c(cc1OCc1ccccc1)C1CC3(CC3)N1n1cc(C(=O)OC(C)C)c(=O)cc1-2. The minimum atomic E-state index is -0.581. The van der Waals surface area contributed by atoms with Crippen LogP contribution in [0.3, 0.4) is 0 Å². The van der Waals surface area contributed by atoms with Gasteiger partial charge in [0.2, 0.25) is 0 Å². The van der Waals surface area contributed by atoms with Crippen LogP contribution in [0.4, 0.5) is 0 Å². The normalized spacial score (nSPS) is 18.2. The Hall–Kier alpha value is -3.58. The minimum absolute atomic E-state index is 0.0669. The number of esters is 1. The smallest absolute Gasteiger partial charge is 0.343 e. The molecule has 2 aromatic carbocycles. The van der Waals surface area contributed by atoms with Crippen LogP contribution in [-0.4, -0.2) is 29.4 Å². The Morgan fingerprint density at radius 1 is 1.11 bits per heavy atom. The maximum Gasteiger partial charge on any atom is 0.343 e. The lowest BCUT2D eigenvalue weighted by Gasteiger charge is -2.56. The second kappa shape index (κ2) is 8.52. The van der Waals surface area contributed by atoms with Crippen molar-refractivity contribution in [2.24, 2.45) is 0 Å². The first kappa shape index (κ1) is 22.9. The molecule has 0 amide bonds. The molecule has 1 atom stereocenters. The van der Waals surface area contributed by atoms with Gasteiger partial charge in [-0.25, -0.2) is 4.79 Å². The molecule has 1 unspecified atom stereocenters. The number of rotatable bonds is 7. The fraction of sp³-hybridized carbons (Fsp3) is 0.379. The molecule has 1 spiro atoms. The van der Waals surface area contributed by atoms with Crippen molar-refractivity contribution in [2.45, 2.75) is 64.0 Å². The van der Waals surface area contributed by atoms with Crippen molar-refractivity contribution < 1.29 is 19.0 Å². The maximum absolute atomic E-state index is 13.1. The molecule has 3 aromatic rings. The molecular weight excluding hydrogens is 456 g/mol. The summed E-state index contributed by atoms with van der Waals surface area (Å²) in [5.41, 5.74) is 4.75. The van der Waals surface area contributed by atoms with Crippen LogP contribution in [0.2, 0.25) is 0 Å². The van der Waals surface area contributed by atoms with Crippen molar-refractivity contribution >= 4 is 5.97 Å². The number of benzene rings is 2. The van der Waals surface area contributed by atoms with Gasteiger partial charge < -0.3 is 14.2 Å². The molecule has 0 radical (unpaired) electrons. The van der Waals surface area contributed by atoms with Crippen LogP contribution in [0.1, 0.15) is 66.2 Å². The zero-order valence-corrected chi connectivity index (χ0v) is 20.8. The molecule has 3 aliphatic rings. The predicted octanol–water partition coefficient (Wildman–Crippen LogP) is 4.73. The van der Waals surface area contributed by atoms with Gasteiger partial charge in [0.15, 0.2) is 5.43 Å². The third-order valence-electron chi connectivity index (χ3n) is 7.41. The van der Waals surface area contributed by atoms with Crippen molar-refractivity contribution in [2.75, 3.05) is 12.1 Å². The number of carbonyl (C=O) groups excluding carboxylic acids is 1. The Bertz CT molecular complexity index is 1390. The predicted molar refractivity (Wildman–Crippen MR) is 136 cm³/mol. The van der Waals surface area contributed by atoms with E-state index in [1.165, 1.54) is 0 Å². The van der Waals surface area contributed by atoms with Crippen molar-refractivity contribution in [3.63, 3.8) is 0 Å². The summed E-state index contributed by atoms with van der Waals surface area (Å²) < 4.78 is 19.2. The van der Waals surface area contributed by atoms with Crippen LogP contribution < -0.4 is 15.2 Å². The molecule has 1 aromatic heterocycles. The van der Waals surface area contributed by atoms with E-state index < -0.39 is 5.97 Å². The highest BCUT2D eigenvalue weighted by Crippen LogP contribution is 2.62. The lowest BCUT2D eigenvalue weighted by atomic mass is 9.81. The largest absolute Gasteiger partial charge is 0.489 e. The van der Waals surface area contributed by atoms with Gasteiger partial charge in [0.05, 0.1) is 30.0 Å². The van der Waals surface area contributed by atoms with E-state index in [-0.39, 0.29) is 28.7 Å². The van der Waals surface area contributed by atoms with E-state index in [4.69, 9.17) is 14.2 Å². The first-order valence-corrected chi connectivity index (χ1v) is 12.5. The quantitative estimate of drug-likeness (QED) is 0.450. The van der Waals surface area contributed by atoms with Gasteiger partial charge in [0.1, 0.15) is 17.9 Å². The maximum atomic E-state index is 13.1. The number of fused-ring (bicyclic) bond motifs is 7. The average molecular weight is 487 g/mol. The molecule has 1 aliphatic carbocycles. The van der Waals surface area contributed by atoms with Crippen LogP contribution in [-0.2, 0) is 22.7 Å². The molecule has 7 nitrogen and oxygen atoms in total. The third kappa shape index (κ3) is 3.69. The van der Waals surface area contributed by atoms with Crippen LogP contribution >= 0.6 is 0 Å². The van der Waals surface area contributed by atoms with Crippen LogP contribution in [0, 0.1) is 0 Å². The van der Waals surface area contributed by atoms with Crippen LogP contribution in [0.25, 0.3) is 11.3 Å². The Morgan fingerprint density at radius 2 is 1.89 bits per heavy atom. The average Bonchev–Trinajstić information content (AvgIpc) is 3.65. The van der Waals surface area contributed by atoms with Gasteiger partial charge in [0, 0.05) is 30.5 Å². The second-order valence-corrected chi connectivity index (χ2v) is 10.3. The van der Waals surface area contributed by atoms with Crippen LogP contribution in [0.15, 0.2) is 59.5 Å². The van der Waals surface area contributed by atoms with Crippen molar-refractivity contribution in [1.82, 2.24) is 4.68 Å². The van der Waals surface area contributed by atoms with E-state index in [1.54, 1.807) is 33.2 Å². The number of carbonyl (C=O) groups is 1. The number of aromatic nitrogens is 1. The Kier molecular flexibility index (Phi) is 5.41. The molecule has 2 fully saturated rings. The first-order valence-electron chi connectivity index (χ1n) is 12.5. The standard InChI is InChI=1S/C29H30N2O5/c1-18(2)36-28(33)23-15-30-24(13-26(23)32)21-11-20(17-34-3)27(35-16-19-7-5-4-6-8-19)12-22(21)25-14-29(9-10-29)31(25)30/h4-8,11-13,15,18,25H,9-10,14,16-17H2,1-3H3. The highest BCUT2D eigenvalue weighted by Gasteiger charge is 2.62. The number of pyridine rings is 1. The summed E-state index contributed by atoms with van der Waals surface area (Å²) in [6.07, 6.45) is 4.63. The van der Waals surface area contributed by atoms with Gasteiger partial charge in [-0.05, 0) is 56.4 Å². The fourth-order valence-corrected chi connectivity index (χ4v) is 5.57. The highest BCUT2D eigenvalue weighted by atomic mass is 16.5. The molecule has 1 saturated heterocycles. The van der Waals surface area contributed by atoms with E-state index in [9.17, 15) is 9.59 Å². The van der Waals surface area contributed by atoms with Gasteiger partial charge >= 0.3 is 5.97 Å². The molecule has 0 N–H and O–H groups in total. The van der Waals surface area contributed by atoms with Crippen molar-refractivity contribution in [1.29, 1.82) is 0 Å². The number of hydrogen-bond acceptors (Lipinski definition) is 6. The number of ether oxygens (including phenoxy) is 3. The summed E-state index contributed by atoms with van der Waals surface area (Å²) in [4.78, 5) is 25.7. The summed E-state index contributed by atoms with van der Waals surface area (Å²) in [6, 6.07) is 16.0. The molecule has 36 heavy (non-hydrogen) atoms. The van der Waals surface area contributed by atoms with Gasteiger partial charge in [-0.3, -0.25) is 14.5 Å². The molecule has 7 heteroatoms. The lowest BCUT2D eigenvalue weighted by Crippen LogP contribution is -2.61. The molecule has 3 heterocycles. The summed E-state index contributed by atoms with van der Waals surface area (Å²) >= 11 is 0. The number of nitrogens with zero attached hydrogens (tertiary/aromatic N) is 2. The van der Waals surface area contributed by atoms with Crippen molar-refractivity contribution in [3.05, 3.63) is 87.2 Å². The molecule has 0 bridgehead atoms. The van der Waals surface area contributed by atoms with Gasteiger partial charge in [0.25, 0.3) is 0 Å². The third-order valence-corrected chi connectivity index (χ3v) is 7.41. The second-order valence-electron chi connectivity index (χ2n) is 10.3. The topological polar surface area (TPSA) is 70.0 Å². The Labute approximate surface area is 210 Å². The molecule has 2 aliphatic heterocycles. The van der Waals surface area contributed by atoms with E-state index in [0.717, 1.165) is 53.0 Å². The van der Waals surface area contributed by atoms with E-state index in [1.807, 2.05) is 35.0 Å². The number of hydrogen-bond donors (Lipinski definition) is 0. The van der Waals surface area contributed by atoms with Crippen molar-refractivity contribution in [3.8, 4) is 17.0 Å². The first-order chi connectivity index (χ1) is 17.4. The van der Waals surface area contributed by atoms with Gasteiger partial charge in [-0.2, -0.15) is 0 Å². The lowest BCUT2D eigenvalue weighted by molar-refractivity contribution is 0.0374. The highest BCUT2D eigenvalue weighted by molar-refractivity contribution is 5.90. The zero-order valence-electron chi connectivity index (χ0n) is 20.8. The van der Waals surface area contributed by atoms with E-state index in [2.05, 4.69) is 17.1 Å². The summed E-state index contributed by atoms with van der Waals surface area (Å²) in [5, 5.41) is 2.34. The van der Waals surface area contributed by atoms with E-state index >= 15 is 0 Å². The summed E-state index contributed by atoms with van der Waals surface area (Å²) in [7, 11) is 1.66. The summed E-state index contributed by atoms with van der Waals surface area (Å²) in [6.45, 7) is 4.41. The zero-order chi connectivity index (χ0) is 25.0.